The lowest BCUT2D eigenvalue weighted by atomic mass is 10.4. The molecule has 0 radical (unpaired) electrons. The number of aryl methyl sites for hydroxylation is 2. The number of ether oxygens (including phenoxy) is 1. The van der Waals surface area contributed by atoms with Crippen molar-refractivity contribution >= 4 is 16.0 Å². The molecular formula is C13H23N3O4S. The van der Waals surface area contributed by atoms with Crippen LogP contribution in [0.15, 0.2) is 11.2 Å². The Balaban J connectivity index is 3.16. The van der Waals surface area contributed by atoms with E-state index < -0.39 is 16.0 Å². The number of imidazole rings is 1. The van der Waals surface area contributed by atoms with Crippen molar-refractivity contribution in [2.24, 2.45) is 0 Å². The maximum atomic E-state index is 12.6. The number of methoxy groups -OCH3 is 1. The highest BCUT2D eigenvalue weighted by Gasteiger charge is 2.31. The fourth-order valence-electron chi connectivity index (χ4n) is 1.93. The number of carbonyl (C=O) groups is 1. The predicted octanol–water partition coefficient (Wildman–Crippen LogP) is 1.17. The van der Waals surface area contributed by atoms with Gasteiger partial charge in [0.05, 0.1) is 7.11 Å². The van der Waals surface area contributed by atoms with Crippen LogP contribution in [-0.4, -0.2) is 47.9 Å². The molecule has 0 unspecified atom stereocenters. The molecule has 0 bridgehead atoms. The van der Waals surface area contributed by atoms with E-state index in [1.165, 1.54) is 13.3 Å². The number of aromatic nitrogens is 2. The largest absolute Gasteiger partial charge is 0.468 e. The molecule has 0 saturated carbocycles. The zero-order valence-corrected chi connectivity index (χ0v) is 14.0. The summed E-state index contributed by atoms with van der Waals surface area (Å²) in [6.45, 7) is 7.55. The first kappa shape index (κ1) is 17.6. The minimum absolute atomic E-state index is 0.0361. The summed E-state index contributed by atoms with van der Waals surface area (Å²) in [6, 6.07) is -0.370. The van der Waals surface area contributed by atoms with Gasteiger partial charge in [0.15, 0.2) is 5.03 Å². The van der Waals surface area contributed by atoms with E-state index in [1.54, 1.807) is 25.3 Å². The molecule has 0 saturated heterocycles. The summed E-state index contributed by atoms with van der Waals surface area (Å²) in [5.41, 5.74) is 0. The van der Waals surface area contributed by atoms with Crippen molar-refractivity contribution in [1.29, 1.82) is 0 Å². The van der Waals surface area contributed by atoms with Crippen LogP contribution in [0.4, 0.5) is 0 Å². The molecule has 120 valence electrons. The molecule has 8 heteroatoms. The van der Waals surface area contributed by atoms with Gasteiger partial charge in [0.1, 0.15) is 12.4 Å². The minimum atomic E-state index is -3.82. The van der Waals surface area contributed by atoms with Crippen LogP contribution in [0.3, 0.4) is 0 Å². The molecular weight excluding hydrogens is 294 g/mol. The van der Waals surface area contributed by atoms with Crippen LogP contribution in [0.1, 0.15) is 33.0 Å². The molecule has 0 N–H and O–H groups in total. The third-order valence-electron chi connectivity index (χ3n) is 3.08. The van der Waals surface area contributed by atoms with E-state index in [1.807, 2.05) is 6.92 Å². The van der Waals surface area contributed by atoms with Crippen LogP contribution in [0.2, 0.25) is 0 Å². The Kier molecular flexibility index (Phi) is 5.91. The van der Waals surface area contributed by atoms with Crippen molar-refractivity contribution in [3.05, 3.63) is 12.0 Å². The Labute approximate surface area is 126 Å². The molecule has 0 aliphatic rings. The summed E-state index contributed by atoms with van der Waals surface area (Å²) in [5.74, 6) is 0.0363. The van der Waals surface area contributed by atoms with Gasteiger partial charge in [0.2, 0.25) is 0 Å². The van der Waals surface area contributed by atoms with Crippen molar-refractivity contribution in [1.82, 2.24) is 13.9 Å². The van der Waals surface area contributed by atoms with Crippen molar-refractivity contribution in [2.45, 2.75) is 51.7 Å². The van der Waals surface area contributed by atoms with Gasteiger partial charge in [-0.05, 0) is 27.2 Å². The lowest BCUT2D eigenvalue weighted by Crippen LogP contribution is -2.41. The van der Waals surface area contributed by atoms with Crippen LogP contribution in [-0.2, 0) is 26.1 Å². The minimum Gasteiger partial charge on any atom is -0.468 e. The lowest BCUT2D eigenvalue weighted by Gasteiger charge is -2.23. The average Bonchev–Trinajstić information content (AvgIpc) is 2.78. The number of hydrogen-bond acceptors (Lipinski definition) is 5. The Hall–Kier alpha value is -1.41. The van der Waals surface area contributed by atoms with Gasteiger partial charge in [-0.3, -0.25) is 4.79 Å². The molecule has 1 rings (SSSR count). The lowest BCUT2D eigenvalue weighted by molar-refractivity contribution is -0.141. The zero-order chi connectivity index (χ0) is 16.2. The molecule has 7 nitrogen and oxygen atoms in total. The first-order chi connectivity index (χ1) is 9.73. The molecule has 0 atom stereocenters. The second-order valence-corrected chi connectivity index (χ2v) is 6.88. The van der Waals surface area contributed by atoms with Crippen LogP contribution in [0, 0.1) is 6.92 Å². The van der Waals surface area contributed by atoms with Gasteiger partial charge >= 0.3 is 5.97 Å². The van der Waals surface area contributed by atoms with Gasteiger partial charge < -0.3 is 9.30 Å². The Bertz CT molecular complexity index is 593. The Morgan fingerprint density at radius 3 is 2.57 bits per heavy atom. The fourth-order valence-corrected chi connectivity index (χ4v) is 3.51. The van der Waals surface area contributed by atoms with Gasteiger partial charge in [-0.2, -0.15) is 4.31 Å². The van der Waals surface area contributed by atoms with Crippen LogP contribution < -0.4 is 0 Å². The van der Waals surface area contributed by atoms with Crippen molar-refractivity contribution in [2.75, 3.05) is 13.7 Å². The molecule has 0 aliphatic carbocycles. The molecule has 0 amide bonds. The summed E-state index contributed by atoms with van der Waals surface area (Å²) >= 11 is 0. The van der Waals surface area contributed by atoms with E-state index in [0.29, 0.717) is 12.4 Å². The molecule has 1 aromatic rings. The summed E-state index contributed by atoms with van der Waals surface area (Å²) in [5, 5.41) is -0.0361. The molecule has 0 aliphatic heterocycles. The second kappa shape index (κ2) is 7.04. The number of esters is 1. The van der Waals surface area contributed by atoms with Gasteiger partial charge in [-0.15, -0.1) is 0 Å². The number of nitrogens with zero attached hydrogens (tertiary/aromatic N) is 3. The number of hydrogen-bond donors (Lipinski definition) is 0. The first-order valence-electron chi connectivity index (χ1n) is 6.86. The molecule has 1 heterocycles. The quantitative estimate of drug-likeness (QED) is 0.705. The van der Waals surface area contributed by atoms with E-state index in [-0.39, 0.29) is 17.6 Å². The second-order valence-electron chi connectivity index (χ2n) is 5.04. The maximum absolute atomic E-state index is 12.6. The van der Waals surface area contributed by atoms with Gasteiger partial charge in [-0.25, -0.2) is 13.4 Å². The molecule has 21 heavy (non-hydrogen) atoms. The van der Waals surface area contributed by atoms with E-state index in [0.717, 1.165) is 10.7 Å². The first-order valence-corrected chi connectivity index (χ1v) is 8.30. The van der Waals surface area contributed by atoms with Gasteiger partial charge in [-0.1, -0.05) is 6.92 Å². The van der Waals surface area contributed by atoms with Gasteiger partial charge in [0.25, 0.3) is 10.0 Å². The molecule has 0 spiro atoms. The van der Waals surface area contributed by atoms with Crippen molar-refractivity contribution in [3.8, 4) is 0 Å². The normalized spacial score (nSPS) is 12.1. The molecule has 0 aromatic carbocycles. The van der Waals surface area contributed by atoms with Crippen LogP contribution >= 0.6 is 0 Å². The van der Waals surface area contributed by atoms with Crippen LogP contribution in [0.25, 0.3) is 0 Å². The highest BCUT2D eigenvalue weighted by Crippen LogP contribution is 2.18. The highest BCUT2D eigenvalue weighted by molar-refractivity contribution is 7.89. The van der Waals surface area contributed by atoms with E-state index in [2.05, 4.69) is 9.72 Å². The fraction of sp³-hybridized carbons (Fsp3) is 0.692. The summed E-state index contributed by atoms with van der Waals surface area (Å²) in [7, 11) is -2.60. The standard InChI is InChI=1S/C13H23N3O4S/c1-6-7-15-8-12(14-11(15)4)21(18,19)16(10(2)3)9-13(17)20-5/h8,10H,6-7,9H2,1-5H3. The Morgan fingerprint density at radius 1 is 1.48 bits per heavy atom. The van der Waals surface area contributed by atoms with Crippen molar-refractivity contribution < 1.29 is 17.9 Å². The summed E-state index contributed by atoms with van der Waals surface area (Å²) in [6.07, 6.45) is 2.40. The van der Waals surface area contributed by atoms with Gasteiger partial charge in [0, 0.05) is 18.8 Å². The topological polar surface area (TPSA) is 81.5 Å². The smallest absolute Gasteiger partial charge is 0.321 e. The SMILES string of the molecule is CCCn1cc(S(=O)(=O)N(CC(=O)OC)C(C)C)nc1C. The van der Waals surface area contributed by atoms with E-state index >= 15 is 0 Å². The Morgan fingerprint density at radius 2 is 2.10 bits per heavy atom. The average molecular weight is 317 g/mol. The van der Waals surface area contributed by atoms with E-state index in [9.17, 15) is 13.2 Å². The monoisotopic (exact) mass is 317 g/mol. The number of rotatable bonds is 7. The van der Waals surface area contributed by atoms with Crippen molar-refractivity contribution in [3.63, 3.8) is 0 Å². The number of sulfonamides is 1. The molecule has 0 fully saturated rings. The predicted molar refractivity (Wildman–Crippen MR) is 78.3 cm³/mol. The van der Waals surface area contributed by atoms with E-state index in [4.69, 9.17) is 0 Å². The maximum Gasteiger partial charge on any atom is 0.321 e. The molecule has 1 aromatic heterocycles. The van der Waals surface area contributed by atoms with Crippen LogP contribution in [0.5, 0.6) is 0 Å². The summed E-state index contributed by atoms with van der Waals surface area (Å²) in [4.78, 5) is 15.5. The summed E-state index contributed by atoms with van der Waals surface area (Å²) < 4.78 is 32.7. The zero-order valence-electron chi connectivity index (χ0n) is 13.2. The highest BCUT2D eigenvalue weighted by atomic mass is 32.2. The third kappa shape index (κ3) is 4.04. The third-order valence-corrected chi connectivity index (χ3v) is 4.97. The number of carbonyl (C=O) groups excluding carboxylic acids is 1.